The minimum atomic E-state index is -4.76. The number of carboxylic acids is 1. The lowest BCUT2D eigenvalue weighted by molar-refractivity contribution is -0.139. The van der Waals surface area contributed by atoms with Crippen LogP contribution in [0.5, 0.6) is 23.1 Å². The van der Waals surface area contributed by atoms with Crippen LogP contribution >= 0.6 is 0 Å². The van der Waals surface area contributed by atoms with Gasteiger partial charge in [-0.05, 0) is 35.2 Å². The second-order valence-corrected chi connectivity index (χ2v) is 6.80. The summed E-state index contributed by atoms with van der Waals surface area (Å²) < 4.78 is 52.1. The van der Waals surface area contributed by atoms with E-state index in [0.29, 0.717) is 16.7 Å². The van der Waals surface area contributed by atoms with Gasteiger partial charge in [0.05, 0.1) is 12.6 Å². The molecule has 0 amide bonds. The SMILES string of the molecule is O=C(O)Cc1cccc(Oc2ncc(Oc3cccc4ccncc34)cc2C(F)(F)F)c1. The number of halogens is 3. The molecule has 162 valence electrons. The summed E-state index contributed by atoms with van der Waals surface area (Å²) in [6.07, 6.45) is -0.762. The van der Waals surface area contributed by atoms with Gasteiger partial charge in [0.25, 0.3) is 0 Å². The van der Waals surface area contributed by atoms with Crippen molar-refractivity contribution in [1.82, 2.24) is 9.97 Å². The topological polar surface area (TPSA) is 81.5 Å². The van der Waals surface area contributed by atoms with Crippen molar-refractivity contribution >= 4 is 16.7 Å². The average molecular weight is 440 g/mol. The number of fused-ring (bicyclic) bond motifs is 1. The summed E-state index contributed by atoms with van der Waals surface area (Å²) in [5.41, 5.74) is -0.745. The van der Waals surface area contributed by atoms with Crippen molar-refractivity contribution in [3.05, 3.63) is 84.3 Å². The monoisotopic (exact) mass is 440 g/mol. The number of carbonyl (C=O) groups is 1. The van der Waals surface area contributed by atoms with Gasteiger partial charge in [0, 0.05) is 23.8 Å². The Morgan fingerprint density at radius 1 is 0.969 bits per heavy atom. The van der Waals surface area contributed by atoms with E-state index in [2.05, 4.69) is 9.97 Å². The van der Waals surface area contributed by atoms with Crippen molar-refractivity contribution in [2.45, 2.75) is 12.6 Å². The molecule has 0 fully saturated rings. The molecule has 0 aliphatic carbocycles. The molecule has 9 heteroatoms. The van der Waals surface area contributed by atoms with Gasteiger partial charge in [-0.1, -0.05) is 24.3 Å². The number of hydrogen-bond donors (Lipinski definition) is 1. The van der Waals surface area contributed by atoms with E-state index in [1.807, 2.05) is 6.07 Å². The third-order valence-electron chi connectivity index (χ3n) is 4.47. The van der Waals surface area contributed by atoms with E-state index >= 15 is 0 Å². The molecule has 2 aromatic carbocycles. The van der Waals surface area contributed by atoms with Gasteiger partial charge in [0.1, 0.15) is 22.8 Å². The van der Waals surface area contributed by atoms with Gasteiger partial charge >= 0.3 is 12.1 Å². The molecule has 0 bridgehead atoms. The zero-order valence-electron chi connectivity index (χ0n) is 16.3. The van der Waals surface area contributed by atoms with Crippen LogP contribution in [0.2, 0.25) is 0 Å². The number of hydrogen-bond acceptors (Lipinski definition) is 5. The molecule has 0 atom stereocenters. The number of nitrogens with zero attached hydrogens (tertiary/aromatic N) is 2. The fourth-order valence-electron chi connectivity index (χ4n) is 3.08. The molecule has 4 rings (SSSR count). The lowest BCUT2D eigenvalue weighted by Gasteiger charge is -2.15. The van der Waals surface area contributed by atoms with E-state index in [9.17, 15) is 18.0 Å². The molecule has 0 saturated heterocycles. The molecule has 0 saturated carbocycles. The van der Waals surface area contributed by atoms with Crippen LogP contribution in [0.25, 0.3) is 10.8 Å². The van der Waals surface area contributed by atoms with Crippen molar-refractivity contribution in [3.8, 4) is 23.1 Å². The fourth-order valence-corrected chi connectivity index (χ4v) is 3.08. The first-order valence-electron chi connectivity index (χ1n) is 9.36. The Morgan fingerprint density at radius 2 is 1.78 bits per heavy atom. The molecular weight excluding hydrogens is 425 g/mol. The maximum absolute atomic E-state index is 13.7. The highest BCUT2D eigenvalue weighted by Gasteiger charge is 2.36. The Labute approximate surface area is 179 Å². The average Bonchev–Trinajstić information content (AvgIpc) is 2.74. The number of rotatable bonds is 6. The van der Waals surface area contributed by atoms with Crippen molar-refractivity contribution in [2.75, 3.05) is 0 Å². The van der Waals surface area contributed by atoms with Crippen LogP contribution in [0.1, 0.15) is 11.1 Å². The molecule has 6 nitrogen and oxygen atoms in total. The van der Waals surface area contributed by atoms with Crippen LogP contribution in [0, 0.1) is 0 Å². The summed E-state index contributed by atoms with van der Waals surface area (Å²) in [5, 5.41) is 10.4. The first kappa shape index (κ1) is 21.1. The van der Waals surface area contributed by atoms with Crippen LogP contribution < -0.4 is 9.47 Å². The third kappa shape index (κ3) is 4.77. The van der Waals surface area contributed by atoms with Gasteiger partial charge in [-0.25, -0.2) is 4.98 Å². The molecule has 0 aliphatic rings. The second-order valence-electron chi connectivity index (χ2n) is 6.80. The number of aromatic nitrogens is 2. The fraction of sp³-hybridized carbons (Fsp3) is 0.0870. The van der Waals surface area contributed by atoms with E-state index < -0.39 is 23.6 Å². The number of carboxylic acid groups (broad SMARTS) is 1. The number of aliphatic carboxylic acids is 1. The smallest absolute Gasteiger partial charge is 0.421 e. The molecule has 0 spiro atoms. The third-order valence-corrected chi connectivity index (χ3v) is 4.47. The number of benzene rings is 2. The number of alkyl halides is 3. The second kappa shape index (κ2) is 8.54. The zero-order valence-corrected chi connectivity index (χ0v) is 16.3. The number of ether oxygens (including phenoxy) is 2. The molecule has 32 heavy (non-hydrogen) atoms. The maximum atomic E-state index is 13.7. The van der Waals surface area contributed by atoms with Crippen LogP contribution in [-0.2, 0) is 17.4 Å². The Balaban J connectivity index is 1.66. The van der Waals surface area contributed by atoms with Crippen molar-refractivity contribution in [3.63, 3.8) is 0 Å². The van der Waals surface area contributed by atoms with Crippen molar-refractivity contribution < 1.29 is 32.5 Å². The molecule has 0 radical (unpaired) electrons. The van der Waals surface area contributed by atoms with Crippen LogP contribution in [0.4, 0.5) is 13.2 Å². The predicted molar refractivity (Wildman–Crippen MR) is 109 cm³/mol. The summed E-state index contributed by atoms with van der Waals surface area (Å²) in [6, 6.07) is 13.5. The Kier molecular flexibility index (Phi) is 5.63. The van der Waals surface area contributed by atoms with E-state index in [0.717, 1.165) is 17.6 Å². The lowest BCUT2D eigenvalue weighted by atomic mass is 10.1. The molecule has 2 heterocycles. The van der Waals surface area contributed by atoms with Gasteiger partial charge in [-0.2, -0.15) is 13.2 Å². The predicted octanol–water partition coefficient (Wildman–Crippen LogP) is 5.86. The lowest BCUT2D eigenvalue weighted by Crippen LogP contribution is -2.09. The molecule has 0 aliphatic heterocycles. The largest absolute Gasteiger partial charge is 0.481 e. The summed E-state index contributed by atoms with van der Waals surface area (Å²) >= 11 is 0. The van der Waals surface area contributed by atoms with E-state index in [1.165, 1.54) is 24.3 Å². The van der Waals surface area contributed by atoms with E-state index in [4.69, 9.17) is 14.6 Å². The highest BCUT2D eigenvalue weighted by atomic mass is 19.4. The highest BCUT2D eigenvalue weighted by molar-refractivity contribution is 5.87. The van der Waals surface area contributed by atoms with Gasteiger partial charge in [-0.3, -0.25) is 9.78 Å². The first-order valence-corrected chi connectivity index (χ1v) is 9.36. The Bertz CT molecular complexity index is 1290. The zero-order chi connectivity index (χ0) is 22.7. The van der Waals surface area contributed by atoms with Crippen LogP contribution in [0.15, 0.2) is 73.2 Å². The van der Waals surface area contributed by atoms with E-state index in [1.54, 1.807) is 30.6 Å². The maximum Gasteiger partial charge on any atom is 0.421 e. The van der Waals surface area contributed by atoms with Gasteiger partial charge in [0.15, 0.2) is 0 Å². The minimum absolute atomic E-state index is 0.0375. The van der Waals surface area contributed by atoms with Crippen molar-refractivity contribution in [1.29, 1.82) is 0 Å². The Morgan fingerprint density at radius 3 is 2.56 bits per heavy atom. The van der Waals surface area contributed by atoms with Crippen LogP contribution in [-0.4, -0.2) is 21.0 Å². The van der Waals surface area contributed by atoms with Gasteiger partial charge in [-0.15, -0.1) is 0 Å². The molecule has 0 unspecified atom stereocenters. The first-order chi connectivity index (χ1) is 15.3. The summed E-state index contributed by atoms with van der Waals surface area (Å²) in [4.78, 5) is 18.7. The van der Waals surface area contributed by atoms with Crippen molar-refractivity contribution in [2.24, 2.45) is 0 Å². The quantitative estimate of drug-likeness (QED) is 0.404. The highest BCUT2D eigenvalue weighted by Crippen LogP contribution is 2.40. The van der Waals surface area contributed by atoms with Gasteiger partial charge in [0.2, 0.25) is 5.88 Å². The normalized spacial score (nSPS) is 11.3. The molecule has 2 aromatic heterocycles. The number of pyridine rings is 2. The Hall–Kier alpha value is -4.14. The summed E-state index contributed by atoms with van der Waals surface area (Å²) in [7, 11) is 0. The van der Waals surface area contributed by atoms with Crippen LogP contribution in [0.3, 0.4) is 0 Å². The molecule has 4 aromatic rings. The molecule has 1 N–H and O–H groups in total. The van der Waals surface area contributed by atoms with E-state index in [-0.39, 0.29) is 17.9 Å². The standard InChI is InChI=1S/C23H15F3N2O4/c24-23(25,26)19-11-17(31-20-6-2-4-15-7-8-27-13-18(15)20)12-28-22(19)32-16-5-1-3-14(9-16)10-21(29)30/h1-9,11-13H,10H2,(H,29,30). The summed E-state index contributed by atoms with van der Waals surface area (Å²) in [6.45, 7) is 0. The van der Waals surface area contributed by atoms with Gasteiger partial charge < -0.3 is 14.6 Å². The summed E-state index contributed by atoms with van der Waals surface area (Å²) in [5.74, 6) is -1.49. The minimum Gasteiger partial charge on any atom is -0.481 e. The molecular formula is C23H15F3N2O4.